The molecule has 0 unspecified atom stereocenters. The maximum atomic E-state index is 11.4. The van der Waals surface area contributed by atoms with Crippen LogP contribution in [-0.4, -0.2) is 37.6 Å². The van der Waals surface area contributed by atoms with E-state index in [2.05, 4.69) is 20.8 Å². The van der Waals surface area contributed by atoms with E-state index in [0.717, 1.165) is 11.1 Å². The van der Waals surface area contributed by atoms with Crippen molar-refractivity contribution in [1.82, 2.24) is 24.7 Å². The Kier molecular flexibility index (Phi) is 2.98. The van der Waals surface area contributed by atoms with E-state index in [0.29, 0.717) is 11.2 Å². The zero-order chi connectivity index (χ0) is 15.0. The van der Waals surface area contributed by atoms with Crippen LogP contribution in [0.3, 0.4) is 0 Å². The summed E-state index contributed by atoms with van der Waals surface area (Å²) in [6, 6.07) is 1.24. The number of nitrogens with zero attached hydrogens (tertiary/aromatic N) is 4. The summed E-state index contributed by atoms with van der Waals surface area (Å²) in [4.78, 5) is 11.4. The number of fused-ring (bicyclic) bond motifs is 1. The molecule has 0 radical (unpaired) electrons. The first-order chi connectivity index (χ1) is 10.1. The molecule has 3 N–H and O–H groups in total. The fourth-order valence-electron chi connectivity index (χ4n) is 2.10. The molecule has 8 heteroatoms. The third-order valence-corrected chi connectivity index (χ3v) is 3.11. The largest absolute Gasteiger partial charge is 0.506 e. The Morgan fingerprint density at radius 3 is 2.71 bits per heavy atom. The predicted octanol–water partition coefficient (Wildman–Crippen LogP) is 1.19. The first-order valence-corrected chi connectivity index (χ1v) is 6.26. The minimum atomic E-state index is -0.374. The Morgan fingerprint density at radius 1 is 1.24 bits per heavy atom. The molecule has 108 valence electrons. The van der Waals surface area contributed by atoms with Crippen molar-refractivity contribution >= 4 is 17.2 Å². The standard InChI is InChI=1S/C13H14N6O2/c1-14-13(21)17-10-5-16-19-7-8(3-11(20)12(10)19)9-4-15-18(2)6-9/h3-7,20H,1-2H3,(H2,14,17,21). The van der Waals surface area contributed by atoms with E-state index in [1.807, 2.05) is 13.2 Å². The number of nitrogens with one attached hydrogen (secondary N) is 2. The third-order valence-electron chi connectivity index (χ3n) is 3.11. The average molecular weight is 286 g/mol. The van der Waals surface area contributed by atoms with Crippen LogP contribution in [0.5, 0.6) is 5.75 Å². The number of carbonyl (C=O) groups excluding carboxylic acids is 1. The van der Waals surface area contributed by atoms with Gasteiger partial charge in [0.1, 0.15) is 11.3 Å². The van der Waals surface area contributed by atoms with Crippen molar-refractivity contribution < 1.29 is 9.90 Å². The number of pyridine rings is 1. The van der Waals surface area contributed by atoms with Gasteiger partial charge in [-0.2, -0.15) is 10.2 Å². The second-order valence-corrected chi connectivity index (χ2v) is 4.57. The summed E-state index contributed by atoms with van der Waals surface area (Å²) in [5, 5.41) is 23.5. The molecule has 0 aromatic carbocycles. The number of amides is 2. The van der Waals surface area contributed by atoms with Gasteiger partial charge in [0.05, 0.1) is 18.1 Å². The van der Waals surface area contributed by atoms with Crippen LogP contribution >= 0.6 is 0 Å². The topological polar surface area (TPSA) is 96.5 Å². The highest BCUT2D eigenvalue weighted by Gasteiger charge is 2.13. The van der Waals surface area contributed by atoms with Crippen LogP contribution in [0.25, 0.3) is 16.6 Å². The minimum Gasteiger partial charge on any atom is -0.506 e. The highest BCUT2D eigenvalue weighted by Crippen LogP contribution is 2.31. The van der Waals surface area contributed by atoms with Crippen molar-refractivity contribution in [2.24, 2.45) is 7.05 Å². The average Bonchev–Trinajstić information content (AvgIpc) is 3.05. The zero-order valence-electron chi connectivity index (χ0n) is 11.5. The number of rotatable bonds is 2. The molecule has 0 saturated carbocycles. The van der Waals surface area contributed by atoms with Crippen LogP contribution < -0.4 is 10.6 Å². The summed E-state index contributed by atoms with van der Waals surface area (Å²) in [6.45, 7) is 0. The fraction of sp³-hybridized carbons (Fsp3) is 0.154. The SMILES string of the molecule is CNC(=O)Nc1cnn2cc(-c3cnn(C)c3)cc(O)c12. The molecular formula is C13H14N6O2. The third kappa shape index (κ3) is 2.27. The van der Waals surface area contributed by atoms with Crippen molar-refractivity contribution in [2.75, 3.05) is 12.4 Å². The molecule has 8 nitrogen and oxygen atoms in total. The Labute approximate surface area is 120 Å². The van der Waals surface area contributed by atoms with Crippen LogP contribution in [0.2, 0.25) is 0 Å². The van der Waals surface area contributed by atoms with Gasteiger partial charge in [0.2, 0.25) is 0 Å². The maximum Gasteiger partial charge on any atom is 0.319 e. The molecule has 0 spiro atoms. The fourth-order valence-corrected chi connectivity index (χ4v) is 2.10. The molecule has 0 aliphatic rings. The molecule has 3 heterocycles. The van der Waals surface area contributed by atoms with Gasteiger partial charge in [-0.1, -0.05) is 0 Å². The lowest BCUT2D eigenvalue weighted by Gasteiger charge is -2.05. The summed E-state index contributed by atoms with van der Waals surface area (Å²) < 4.78 is 3.20. The van der Waals surface area contributed by atoms with Gasteiger partial charge >= 0.3 is 6.03 Å². The van der Waals surface area contributed by atoms with Gasteiger partial charge in [-0.3, -0.25) is 4.68 Å². The number of aromatic nitrogens is 4. The van der Waals surface area contributed by atoms with Gasteiger partial charge in [-0.05, 0) is 6.07 Å². The van der Waals surface area contributed by atoms with Gasteiger partial charge in [-0.15, -0.1) is 0 Å². The van der Waals surface area contributed by atoms with Gasteiger partial charge in [-0.25, -0.2) is 9.31 Å². The smallest absolute Gasteiger partial charge is 0.319 e. The summed E-state index contributed by atoms with van der Waals surface area (Å²) in [7, 11) is 3.34. The van der Waals surface area contributed by atoms with Gasteiger partial charge in [0.25, 0.3) is 0 Å². The number of hydrogen-bond donors (Lipinski definition) is 3. The van der Waals surface area contributed by atoms with Crippen molar-refractivity contribution in [1.29, 1.82) is 0 Å². The van der Waals surface area contributed by atoms with Crippen LogP contribution in [0.4, 0.5) is 10.5 Å². The second kappa shape index (κ2) is 4.82. The van der Waals surface area contributed by atoms with E-state index >= 15 is 0 Å². The summed E-state index contributed by atoms with van der Waals surface area (Å²) in [5.74, 6) is 0.0280. The molecule has 3 rings (SSSR count). The van der Waals surface area contributed by atoms with Gasteiger partial charge in [0.15, 0.2) is 0 Å². The monoisotopic (exact) mass is 286 g/mol. The Morgan fingerprint density at radius 2 is 2.05 bits per heavy atom. The first kappa shape index (κ1) is 13.0. The second-order valence-electron chi connectivity index (χ2n) is 4.57. The Bertz CT molecular complexity index is 819. The maximum absolute atomic E-state index is 11.4. The van der Waals surface area contributed by atoms with Gasteiger partial charge in [0, 0.05) is 37.6 Å². The van der Waals surface area contributed by atoms with E-state index in [4.69, 9.17) is 0 Å². The van der Waals surface area contributed by atoms with E-state index in [-0.39, 0.29) is 11.8 Å². The molecule has 0 fully saturated rings. The van der Waals surface area contributed by atoms with Gasteiger partial charge < -0.3 is 15.7 Å². The lowest BCUT2D eigenvalue weighted by atomic mass is 10.1. The minimum absolute atomic E-state index is 0.0280. The highest BCUT2D eigenvalue weighted by molar-refractivity contribution is 5.95. The molecule has 0 atom stereocenters. The van der Waals surface area contributed by atoms with Crippen molar-refractivity contribution in [3.8, 4) is 16.9 Å². The number of urea groups is 1. The van der Waals surface area contributed by atoms with E-state index in [1.165, 1.54) is 17.8 Å². The zero-order valence-corrected chi connectivity index (χ0v) is 11.5. The predicted molar refractivity (Wildman–Crippen MR) is 77.1 cm³/mol. The lowest BCUT2D eigenvalue weighted by Crippen LogP contribution is -2.24. The molecule has 21 heavy (non-hydrogen) atoms. The number of anilines is 1. The Balaban J connectivity index is 2.08. The molecule has 3 aromatic heterocycles. The molecule has 0 aliphatic carbocycles. The Hall–Kier alpha value is -3.03. The molecule has 0 bridgehead atoms. The lowest BCUT2D eigenvalue weighted by molar-refractivity contribution is 0.254. The highest BCUT2D eigenvalue weighted by atomic mass is 16.3. The molecule has 0 saturated heterocycles. The van der Waals surface area contributed by atoms with Crippen LogP contribution in [0, 0.1) is 0 Å². The van der Waals surface area contributed by atoms with E-state index < -0.39 is 0 Å². The van der Waals surface area contributed by atoms with Crippen molar-refractivity contribution in [3.05, 3.63) is 30.9 Å². The van der Waals surface area contributed by atoms with Crippen molar-refractivity contribution in [2.45, 2.75) is 0 Å². The van der Waals surface area contributed by atoms with Crippen LogP contribution in [0.15, 0.2) is 30.9 Å². The molecule has 2 amide bonds. The normalized spacial score (nSPS) is 10.8. The molecular weight excluding hydrogens is 272 g/mol. The summed E-state index contributed by atoms with van der Waals surface area (Å²) in [6.07, 6.45) is 6.79. The number of carbonyl (C=O) groups is 1. The van der Waals surface area contributed by atoms with Crippen LogP contribution in [-0.2, 0) is 7.05 Å². The van der Waals surface area contributed by atoms with Crippen LogP contribution in [0.1, 0.15) is 0 Å². The number of hydrogen-bond acceptors (Lipinski definition) is 4. The van der Waals surface area contributed by atoms with E-state index in [1.54, 1.807) is 23.1 Å². The van der Waals surface area contributed by atoms with E-state index in [9.17, 15) is 9.90 Å². The number of aryl methyl sites for hydroxylation is 1. The molecule has 0 aliphatic heterocycles. The quantitative estimate of drug-likeness (QED) is 0.659. The summed E-state index contributed by atoms with van der Waals surface area (Å²) >= 11 is 0. The first-order valence-electron chi connectivity index (χ1n) is 6.26. The molecule has 3 aromatic rings. The number of aromatic hydroxyl groups is 1. The van der Waals surface area contributed by atoms with Crippen molar-refractivity contribution in [3.63, 3.8) is 0 Å². The summed E-state index contributed by atoms with van der Waals surface area (Å²) in [5.41, 5.74) is 2.52.